The molecule has 3 N–H and O–H groups in total. The zero-order valence-electron chi connectivity index (χ0n) is 11.7. The molecule has 2 aromatic heterocycles. The van der Waals surface area contributed by atoms with Crippen molar-refractivity contribution in [3.63, 3.8) is 0 Å². The molecule has 0 saturated heterocycles. The maximum atomic E-state index is 11.2. The number of hydrazone groups is 1. The summed E-state index contributed by atoms with van der Waals surface area (Å²) < 4.78 is 10.6. The number of nitrogen functional groups attached to an aromatic ring is 1. The average Bonchev–Trinajstić information content (AvgIpc) is 3.02. The summed E-state index contributed by atoms with van der Waals surface area (Å²) in [5, 5.41) is 18.8. The van der Waals surface area contributed by atoms with Crippen LogP contribution in [0.15, 0.2) is 9.73 Å². The molecule has 11 heteroatoms. The molecule has 2 rings (SSSR count). The van der Waals surface area contributed by atoms with Crippen molar-refractivity contribution in [3.8, 4) is 5.82 Å². The highest BCUT2D eigenvalue weighted by Crippen LogP contribution is 2.14. The molecule has 0 atom stereocenters. The van der Waals surface area contributed by atoms with Crippen molar-refractivity contribution in [2.45, 2.75) is 20.8 Å². The van der Waals surface area contributed by atoms with E-state index in [4.69, 9.17) is 10.5 Å². The maximum Gasteiger partial charge on any atom is 0.427 e. The monoisotopic (exact) mass is 294 g/mol. The molecule has 0 aromatic carbocycles. The molecule has 112 valence electrons. The van der Waals surface area contributed by atoms with Gasteiger partial charge in [0.1, 0.15) is 5.69 Å². The highest BCUT2D eigenvalue weighted by molar-refractivity contribution is 5.98. The van der Waals surface area contributed by atoms with E-state index in [0.29, 0.717) is 17.1 Å². The highest BCUT2D eigenvalue weighted by atomic mass is 16.6. The van der Waals surface area contributed by atoms with Crippen molar-refractivity contribution in [1.82, 2.24) is 30.7 Å². The van der Waals surface area contributed by atoms with Gasteiger partial charge in [-0.25, -0.2) is 14.8 Å². The molecule has 11 nitrogen and oxygen atoms in total. The molecule has 0 aliphatic carbocycles. The number of amides is 1. The lowest BCUT2D eigenvalue weighted by Gasteiger charge is -2.02. The molecule has 2 heterocycles. The summed E-state index contributed by atoms with van der Waals surface area (Å²) in [6.07, 6.45) is -0.646. The van der Waals surface area contributed by atoms with E-state index in [1.165, 1.54) is 4.68 Å². The van der Waals surface area contributed by atoms with E-state index in [0.717, 1.165) is 0 Å². The van der Waals surface area contributed by atoms with Crippen LogP contribution in [0.1, 0.15) is 25.2 Å². The van der Waals surface area contributed by atoms with Gasteiger partial charge in [-0.1, -0.05) is 5.21 Å². The molecule has 0 fully saturated rings. The van der Waals surface area contributed by atoms with Crippen LogP contribution in [0.25, 0.3) is 5.82 Å². The van der Waals surface area contributed by atoms with Gasteiger partial charge in [0.05, 0.1) is 18.0 Å². The zero-order valence-corrected chi connectivity index (χ0v) is 11.7. The summed E-state index contributed by atoms with van der Waals surface area (Å²) in [5.41, 5.74) is 9.37. The Hall–Kier alpha value is -2.98. The van der Waals surface area contributed by atoms with Crippen LogP contribution in [-0.2, 0) is 4.74 Å². The third kappa shape index (κ3) is 2.96. The summed E-state index contributed by atoms with van der Waals surface area (Å²) in [7, 11) is 0. The Bertz CT molecular complexity index is 674. The number of hydrogen-bond acceptors (Lipinski definition) is 9. The third-order valence-corrected chi connectivity index (χ3v) is 2.52. The molecule has 1 amide bonds. The number of nitrogens with one attached hydrogen (secondary N) is 1. The van der Waals surface area contributed by atoms with Crippen molar-refractivity contribution < 1.29 is 14.2 Å². The Labute approximate surface area is 119 Å². The number of carbonyl (C=O) groups is 1. The van der Waals surface area contributed by atoms with Gasteiger partial charge in [-0.2, -0.15) is 9.78 Å². The largest absolute Gasteiger partial charge is 0.449 e. The first-order chi connectivity index (χ1) is 10.0. The van der Waals surface area contributed by atoms with Crippen LogP contribution in [-0.4, -0.2) is 43.7 Å². The van der Waals surface area contributed by atoms with E-state index in [-0.39, 0.29) is 18.2 Å². The van der Waals surface area contributed by atoms with Gasteiger partial charge in [0.25, 0.3) is 0 Å². The summed E-state index contributed by atoms with van der Waals surface area (Å²) in [5.74, 6) is 0.325. The highest BCUT2D eigenvalue weighted by Gasteiger charge is 2.18. The fourth-order valence-electron chi connectivity index (χ4n) is 1.55. The Morgan fingerprint density at radius 1 is 1.52 bits per heavy atom. The molecule has 0 radical (unpaired) electrons. The first-order valence-corrected chi connectivity index (χ1v) is 6.02. The SMILES string of the molecule is CCOC(=O)N/N=C(\C)c1nnn(-c2nonc2N)c1C. The molecular formula is C10H14N8O3. The van der Waals surface area contributed by atoms with Crippen LogP contribution in [0.3, 0.4) is 0 Å². The van der Waals surface area contributed by atoms with E-state index in [9.17, 15) is 4.79 Å². The number of aromatic nitrogens is 5. The molecule has 21 heavy (non-hydrogen) atoms. The summed E-state index contributed by atoms with van der Waals surface area (Å²) in [6.45, 7) is 5.36. The second kappa shape index (κ2) is 5.98. The van der Waals surface area contributed by atoms with Gasteiger partial charge in [0, 0.05) is 0 Å². The Morgan fingerprint density at radius 3 is 2.90 bits per heavy atom. The van der Waals surface area contributed by atoms with Crippen LogP contribution in [0, 0.1) is 6.92 Å². The molecular weight excluding hydrogens is 280 g/mol. The molecule has 0 bridgehead atoms. The van der Waals surface area contributed by atoms with Gasteiger partial charge < -0.3 is 10.5 Å². The first kappa shape index (κ1) is 14.4. The molecule has 2 aromatic rings. The Kier molecular flexibility index (Phi) is 4.11. The molecule has 0 aliphatic rings. The lowest BCUT2D eigenvalue weighted by atomic mass is 10.2. The predicted molar refractivity (Wildman–Crippen MR) is 70.7 cm³/mol. The summed E-state index contributed by atoms with van der Waals surface area (Å²) in [4.78, 5) is 11.2. The topological polar surface area (TPSA) is 146 Å². The molecule has 0 saturated carbocycles. The Balaban J connectivity index is 2.22. The number of hydrogen-bond donors (Lipinski definition) is 2. The lowest BCUT2D eigenvalue weighted by Crippen LogP contribution is -2.20. The second-order valence-corrected chi connectivity index (χ2v) is 3.94. The minimum absolute atomic E-state index is 0.0915. The van der Waals surface area contributed by atoms with Gasteiger partial charge in [0.15, 0.2) is 0 Å². The van der Waals surface area contributed by atoms with E-state index in [1.807, 2.05) is 0 Å². The van der Waals surface area contributed by atoms with E-state index >= 15 is 0 Å². The number of ether oxygens (including phenoxy) is 1. The smallest absolute Gasteiger partial charge is 0.427 e. The summed E-state index contributed by atoms with van der Waals surface area (Å²) >= 11 is 0. The van der Waals surface area contributed by atoms with Crippen LogP contribution >= 0.6 is 0 Å². The van der Waals surface area contributed by atoms with Crippen LogP contribution in [0.5, 0.6) is 0 Å². The zero-order chi connectivity index (χ0) is 15.4. The van der Waals surface area contributed by atoms with Gasteiger partial charge in [-0.3, -0.25) is 0 Å². The second-order valence-electron chi connectivity index (χ2n) is 3.94. The average molecular weight is 294 g/mol. The van der Waals surface area contributed by atoms with Gasteiger partial charge >= 0.3 is 6.09 Å². The number of anilines is 1. The molecule has 0 spiro atoms. The predicted octanol–water partition coefficient (Wildman–Crippen LogP) is 0.0110. The van der Waals surface area contributed by atoms with E-state index in [2.05, 4.69) is 35.8 Å². The number of carbonyl (C=O) groups excluding carboxylic acids is 1. The standard InChI is InChI=1S/C10H14N8O3/c1-4-20-10(19)14-12-5(2)7-6(3)18(17-13-7)9-8(11)15-21-16-9/h4H2,1-3H3,(H2,11,15)(H,14,19)/b12-5+. The van der Waals surface area contributed by atoms with E-state index in [1.54, 1.807) is 20.8 Å². The van der Waals surface area contributed by atoms with Crippen LogP contribution in [0.4, 0.5) is 10.6 Å². The van der Waals surface area contributed by atoms with Gasteiger partial charge in [0.2, 0.25) is 11.6 Å². The van der Waals surface area contributed by atoms with Crippen molar-refractivity contribution in [2.24, 2.45) is 5.10 Å². The van der Waals surface area contributed by atoms with Crippen molar-refractivity contribution in [1.29, 1.82) is 0 Å². The third-order valence-electron chi connectivity index (χ3n) is 2.52. The molecule has 0 unspecified atom stereocenters. The van der Waals surface area contributed by atoms with Crippen molar-refractivity contribution >= 4 is 17.6 Å². The molecule has 0 aliphatic heterocycles. The quantitative estimate of drug-likeness (QED) is 0.592. The minimum atomic E-state index is -0.646. The number of nitrogens with two attached hydrogens (primary N) is 1. The van der Waals surface area contributed by atoms with Crippen LogP contribution < -0.4 is 11.2 Å². The minimum Gasteiger partial charge on any atom is -0.449 e. The number of nitrogens with zero attached hydrogens (tertiary/aromatic N) is 6. The lowest BCUT2D eigenvalue weighted by molar-refractivity contribution is 0.152. The van der Waals surface area contributed by atoms with Gasteiger partial charge in [-0.15, -0.1) is 5.10 Å². The summed E-state index contributed by atoms with van der Waals surface area (Å²) in [6, 6.07) is 0. The van der Waals surface area contributed by atoms with Gasteiger partial charge in [-0.05, 0) is 31.1 Å². The number of rotatable bonds is 4. The van der Waals surface area contributed by atoms with Crippen molar-refractivity contribution in [3.05, 3.63) is 11.4 Å². The van der Waals surface area contributed by atoms with E-state index < -0.39 is 6.09 Å². The van der Waals surface area contributed by atoms with Crippen molar-refractivity contribution in [2.75, 3.05) is 12.3 Å². The fraction of sp³-hybridized carbons (Fsp3) is 0.400. The Morgan fingerprint density at radius 2 is 2.29 bits per heavy atom. The fourth-order valence-corrected chi connectivity index (χ4v) is 1.55. The first-order valence-electron chi connectivity index (χ1n) is 6.02. The maximum absolute atomic E-state index is 11.2. The normalized spacial score (nSPS) is 11.5. The van der Waals surface area contributed by atoms with Crippen LogP contribution in [0.2, 0.25) is 0 Å².